The van der Waals surface area contributed by atoms with Crippen molar-refractivity contribution in [2.75, 3.05) is 30.4 Å². The van der Waals surface area contributed by atoms with E-state index in [2.05, 4.69) is 89.4 Å². The first-order valence-corrected chi connectivity index (χ1v) is 15.3. The van der Waals surface area contributed by atoms with Crippen molar-refractivity contribution in [1.29, 1.82) is 5.41 Å². The molecule has 0 heterocycles. The van der Waals surface area contributed by atoms with Gasteiger partial charge in [0.25, 0.3) is 5.70 Å². The van der Waals surface area contributed by atoms with Crippen LogP contribution >= 0.6 is 0 Å². The largest absolute Gasteiger partial charge is 0.388 e. The van der Waals surface area contributed by atoms with Gasteiger partial charge in [-0.2, -0.15) is 0 Å². The van der Waals surface area contributed by atoms with Crippen LogP contribution in [0.5, 0.6) is 0 Å². The zero-order valence-corrected chi connectivity index (χ0v) is 25.5. The maximum Gasteiger partial charge on any atom is 0.251 e. The van der Waals surface area contributed by atoms with Crippen molar-refractivity contribution in [2.24, 2.45) is 0 Å². The summed E-state index contributed by atoms with van der Waals surface area (Å²) in [5, 5.41) is 19.8. The number of carbonyl (C=O) groups excluding carboxylic acids is 1. The second-order valence-corrected chi connectivity index (χ2v) is 11.4. The average Bonchev–Trinajstić information content (AvgIpc) is 3.08. The van der Waals surface area contributed by atoms with E-state index in [0.29, 0.717) is 11.1 Å². The van der Waals surface area contributed by atoms with Gasteiger partial charge < -0.3 is 10.2 Å². The minimum atomic E-state index is -0.671. The Balaban J connectivity index is 1.52. The van der Waals surface area contributed by atoms with E-state index >= 15 is 0 Å². The zero-order valence-electron chi connectivity index (χ0n) is 25.5. The Bertz CT molecular complexity index is 2330. The van der Waals surface area contributed by atoms with Crippen LogP contribution in [0.1, 0.15) is 30.9 Å². The van der Waals surface area contributed by atoms with Crippen molar-refractivity contribution in [3.05, 3.63) is 131 Å². The SMILES string of the molecule is [C-]#[N+]C(=C=N)C1=C(c2ccc(NC)c3cc4ccccc4cc23)C(=O)C1c1ccc(N(CC)CC)c2cc3ccccc3cc12. The van der Waals surface area contributed by atoms with Gasteiger partial charge in [0.1, 0.15) is 0 Å². The first kappa shape index (κ1) is 28.1. The molecule has 1 aliphatic carbocycles. The van der Waals surface area contributed by atoms with Crippen molar-refractivity contribution >= 4 is 71.7 Å². The quantitative estimate of drug-likeness (QED) is 0.112. The third-order valence-electron chi connectivity index (χ3n) is 9.28. The number of carbonyl (C=O) groups is 1. The highest BCUT2D eigenvalue weighted by atomic mass is 16.1. The summed E-state index contributed by atoms with van der Waals surface area (Å²) in [6.45, 7) is 14.0. The number of rotatable bonds is 7. The number of hydrogen-bond donors (Lipinski definition) is 2. The number of nitrogens with zero attached hydrogens (tertiary/aromatic N) is 2. The van der Waals surface area contributed by atoms with E-state index in [1.165, 1.54) is 0 Å². The maximum atomic E-state index is 14.5. The van der Waals surface area contributed by atoms with E-state index in [4.69, 9.17) is 12.0 Å². The van der Waals surface area contributed by atoms with Crippen molar-refractivity contribution < 1.29 is 4.79 Å². The molecule has 5 nitrogen and oxygen atoms in total. The van der Waals surface area contributed by atoms with Crippen molar-refractivity contribution in [2.45, 2.75) is 19.8 Å². The molecule has 1 atom stereocenters. The Morgan fingerprint density at radius 3 is 1.96 bits per heavy atom. The summed E-state index contributed by atoms with van der Waals surface area (Å²) < 4.78 is 0. The summed E-state index contributed by atoms with van der Waals surface area (Å²) in [5.41, 5.74) is 4.85. The monoisotopic (exact) mass is 584 g/mol. The van der Waals surface area contributed by atoms with Gasteiger partial charge in [-0.05, 0) is 105 Å². The third kappa shape index (κ3) is 4.31. The van der Waals surface area contributed by atoms with Gasteiger partial charge in [-0.25, -0.2) is 4.85 Å². The first-order valence-electron chi connectivity index (χ1n) is 15.3. The molecular weight excluding hydrogens is 552 g/mol. The normalized spacial score (nSPS) is 14.4. The highest BCUT2D eigenvalue weighted by molar-refractivity contribution is 6.37. The summed E-state index contributed by atoms with van der Waals surface area (Å²) in [6.07, 6.45) is 0. The molecule has 5 heteroatoms. The number of anilines is 2. The van der Waals surface area contributed by atoms with Crippen molar-refractivity contribution in [3.8, 4) is 0 Å². The Kier molecular flexibility index (Phi) is 6.93. The molecule has 0 aliphatic heterocycles. The van der Waals surface area contributed by atoms with Crippen LogP contribution in [0.4, 0.5) is 11.4 Å². The predicted octanol–water partition coefficient (Wildman–Crippen LogP) is 9.36. The molecule has 45 heavy (non-hydrogen) atoms. The lowest BCUT2D eigenvalue weighted by atomic mass is 9.67. The molecule has 0 spiro atoms. The van der Waals surface area contributed by atoms with Crippen LogP contribution in [0.15, 0.2) is 108 Å². The third-order valence-corrected chi connectivity index (χ3v) is 9.28. The Morgan fingerprint density at radius 2 is 1.40 bits per heavy atom. The van der Waals surface area contributed by atoms with E-state index in [1.807, 2.05) is 49.5 Å². The molecule has 6 aromatic carbocycles. The highest BCUT2D eigenvalue weighted by Crippen LogP contribution is 2.52. The molecule has 7 rings (SSSR count). The smallest absolute Gasteiger partial charge is 0.251 e. The summed E-state index contributed by atoms with van der Waals surface area (Å²) in [6, 6.07) is 33.2. The summed E-state index contributed by atoms with van der Waals surface area (Å²) in [4.78, 5) is 20.6. The molecule has 0 amide bonds. The number of benzene rings is 6. The number of allylic oxidation sites excluding steroid dienone is 2. The summed E-state index contributed by atoms with van der Waals surface area (Å²) >= 11 is 0. The average molecular weight is 585 g/mol. The Hall–Kier alpha value is -5.69. The van der Waals surface area contributed by atoms with Gasteiger partial charge in [-0.1, -0.05) is 60.7 Å². The van der Waals surface area contributed by atoms with Crippen LogP contribution in [0, 0.1) is 12.0 Å². The predicted molar refractivity (Wildman–Crippen MR) is 189 cm³/mol. The van der Waals surface area contributed by atoms with Gasteiger partial charge in [0.05, 0.1) is 12.5 Å². The second-order valence-electron chi connectivity index (χ2n) is 11.4. The zero-order chi connectivity index (χ0) is 31.2. The van der Waals surface area contributed by atoms with E-state index < -0.39 is 5.92 Å². The van der Waals surface area contributed by atoms with Gasteiger partial charge >= 0.3 is 0 Å². The molecule has 218 valence electrons. The van der Waals surface area contributed by atoms with Crippen LogP contribution in [-0.2, 0) is 4.79 Å². The summed E-state index contributed by atoms with van der Waals surface area (Å²) in [5.74, 6) is 1.67. The lowest BCUT2D eigenvalue weighted by Gasteiger charge is -2.34. The van der Waals surface area contributed by atoms with Crippen LogP contribution in [-0.4, -0.2) is 31.8 Å². The van der Waals surface area contributed by atoms with Crippen LogP contribution < -0.4 is 10.2 Å². The number of Topliss-reactive ketones (excluding diaryl/α,β-unsaturated/α-hetero) is 1. The number of ketones is 1. The van der Waals surface area contributed by atoms with Crippen LogP contribution in [0.2, 0.25) is 0 Å². The molecule has 1 aliphatic rings. The molecule has 0 aromatic heterocycles. The Labute approximate surface area is 262 Å². The molecular formula is C40H32N4O. The van der Waals surface area contributed by atoms with Gasteiger partial charge in [0, 0.05) is 47.9 Å². The standard InChI is InChI=1S/C40H32N4O/c1-5-44(6-2)36-18-16-29(31-20-25-12-8-10-14-27(25)22-33(31)36)38-39(35(23-41)43-4)37(40(38)45)28-15-17-34(42-3)32-21-26-13-9-7-11-24(26)19-30(28)32/h7-22,38,41-42H,5-6H2,1-3H3. The van der Waals surface area contributed by atoms with E-state index in [9.17, 15) is 4.79 Å². The van der Waals surface area contributed by atoms with Crippen molar-refractivity contribution in [3.63, 3.8) is 0 Å². The lowest BCUT2D eigenvalue weighted by Crippen LogP contribution is -2.30. The van der Waals surface area contributed by atoms with Crippen molar-refractivity contribution in [1.82, 2.24) is 0 Å². The van der Waals surface area contributed by atoms with E-state index in [1.54, 1.807) is 0 Å². The molecule has 6 aromatic rings. The molecule has 2 N–H and O–H groups in total. The number of fused-ring (bicyclic) bond motifs is 4. The first-order chi connectivity index (χ1) is 22.0. The molecule has 0 fully saturated rings. The van der Waals surface area contributed by atoms with Crippen LogP contribution in [0.3, 0.4) is 0 Å². The number of nitrogens with one attached hydrogen (secondary N) is 2. The fourth-order valence-electron chi connectivity index (χ4n) is 7.06. The highest BCUT2D eigenvalue weighted by Gasteiger charge is 2.44. The fourth-order valence-corrected chi connectivity index (χ4v) is 7.06. The molecule has 1 unspecified atom stereocenters. The molecule has 0 bridgehead atoms. The van der Waals surface area contributed by atoms with Crippen LogP contribution in [0.25, 0.3) is 53.5 Å². The number of hydrogen-bond acceptors (Lipinski definition) is 4. The van der Waals surface area contributed by atoms with E-state index in [-0.39, 0.29) is 11.5 Å². The van der Waals surface area contributed by atoms with Gasteiger partial charge in [0.2, 0.25) is 0 Å². The molecule has 0 saturated carbocycles. The topological polar surface area (TPSA) is 60.6 Å². The molecule has 0 radical (unpaired) electrons. The second kappa shape index (κ2) is 11.1. The van der Waals surface area contributed by atoms with E-state index in [0.717, 1.165) is 78.7 Å². The molecule has 0 saturated heterocycles. The minimum Gasteiger partial charge on any atom is -0.388 e. The fraction of sp³-hybridized carbons (Fsp3) is 0.150. The lowest BCUT2D eigenvalue weighted by molar-refractivity contribution is -0.115. The van der Waals surface area contributed by atoms with Gasteiger partial charge in [-0.3, -0.25) is 10.2 Å². The van der Waals surface area contributed by atoms with Gasteiger partial charge in [-0.15, -0.1) is 0 Å². The summed E-state index contributed by atoms with van der Waals surface area (Å²) in [7, 11) is 1.89. The van der Waals surface area contributed by atoms with Gasteiger partial charge in [0.15, 0.2) is 5.78 Å². The Morgan fingerprint density at radius 1 is 0.822 bits per heavy atom. The maximum absolute atomic E-state index is 14.5. The minimum absolute atomic E-state index is 0.0434.